The summed E-state index contributed by atoms with van der Waals surface area (Å²) in [5.74, 6) is -0.609. The van der Waals surface area contributed by atoms with E-state index in [-0.39, 0.29) is 12.6 Å². The lowest BCUT2D eigenvalue weighted by Crippen LogP contribution is -2.21. The summed E-state index contributed by atoms with van der Waals surface area (Å²) < 4.78 is 18.1. The summed E-state index contributed by atoms with van der Waals surface area (Å²) in [6.45, 7) is 1.44. The van der Waals surface area contributed by atoms with Crippen LogP contribution in [0.1, 0.15) is 50.5 Å². The molecule has 126 valence electrons. The minimum absolute atomic E-state index is 0.334. The molecule has 1 aliphatic rings. The highest BCUT2D eigenvalue weighted by Gasteiger charge is 2.16. The predicted molar refractivity (Wildman–Crippen MR) is 86.5 cm³/mol. The van der Waals surface area contributed by atoms with Crippen LogP contribution in [-0.2, 0) is 14.3 Å². The molecule has 0 aromatic heterocycles. The summed E-state index contributed by atoms with van der Waals surface area (Å²) in [6, 6.07) is 4.16. The molecule has 1 saturated carbocycles. The number of carbonyl (C=O) groups is 2. The van der Waals surface area contributed by atoms with Gasteiger partial charge in [-0.3, -0.25) is 9.59 Å². The summed E-state index contributed by atoms with van der Waals surface area (Å²) in [5, 5.41) is 2.56. The second kappa shape index (κ2) is 8.65. The number of hydrogen-bond acceptors (Lipinski definition) is 3. The summed E-state index contributed by atoms with van der Waals surface area (Å²) in [5.41, 5.74) is 1.15. The zero-order valence-electron chi connectivity index (χ0n) is 13.6. The summed E-state index contributed by atoms with van der Waals surface area (Å²) in [6.07, 6.45) is 7.35. The number of anilines is 1. The molecule has 0 radical (unpaired) electrons. The molecule has 0 saturated heterocycles. The predicted octanol–water partition coefficient (Wildman–Crippen LogP) is 3.98. The number of esters is 1. The fraction of sp³-hybridized carbons (Fsp3) is 0.556. The molecule has 0 heterocycles. The van der Waals surface area contributed by atoms with Crippen molar-refractivity contribution in [3.05, 3.63) is 29.6 Å². The first-order valence-corrected chi connectivity index (χ1v) is 8.26. The third-order valence-electron chi connectivity index (χ3n) is 4.32. The van der Waals surface area contributed by atoms with Crippen LogP contribution in [0.4, 0.5) is 10.1 Å². The van der Waals surface area contributed by atoms with Gasteiger partial charge in [0.25, 0.3) is 5.91 Å². The number of hydrogen-bond donors (Lipinski definition) is 1. The maximum Gasteiger partial charge on any atom is 0.306 e. The molecule has 1 N–H and O–H groups in total. The van der Waals surface area contributed by atoms with Crippen LogP contribution in [0.25, 0.3) is 0 Å². The van der Waals surface area contributed by atoms with Crippen molar-refractivity contribution in [2.45, 2.75) is 51.9 Å². The van der Waals surface area contributed by atoms with Gasteiger partial charge in [-0.25, -0.2) is 4.39 Å². The molecular weight excluding hydrogens is 297 g/mol. The van der Waals surface area contributed by atoms with E-state index in [1.807, 2.05) is 0 Å². The zero-order chi connectivity index (χ0) is 16.7. The number of nitrogens with one attached hydrogen (secondary N) is 1. The van der Waals surface area contributed by atoms with Crippen molar-refractivity contribution in [1.29, 1.82) is 0 Å². The van der Waals surface area contributed by atoms with Gasteiger partial charge in [-0.15, -0.1) is 0 Å². The molecule has 0 bridgehead atoms. The summed E-state index contributed by atoms with van der Waals surface area (Å²) in [4.78, 5) is 23.5. The number of rotatable bonds is 6. The van der Waals surface area contributed by atoms with E-state index in [0.29, 0.717) is 18.0 Å². The Labute approximate surface area is 136 Å². The van der Waals surface area contributed by atoms with E-state index < -0.39 is 11.7 Å². The number of amides is 1. The van der Waals surface area contributed by atoms with E-state index in [1.165, 1.54) is 44.2 Å². The fourth-order valence-electron chi connectivity index (χ4n) is 2.93. The van der Waals surface area contributed by atoms with E-state index in [1.54, 1.807) is 13.0 Å². The number of benzene rings is 1. The normalized spacial score (nSPS) is 15.2. The molecule has 23 heavy (non-hydrogen) atoms. The van der Waals surface area contributed by atoms with Crippen LogP contribution in [0.2, 0.25) is 0 Å². The lowest BCUT2D eigenvalue weighted by Gasteiger charge is -2.20. The van der Waals surface area contributed by atoms with Crippen molar-refractivity contribution in [3.63, 3.8) is 0 Å². The van der Waals surface area contributed by atoms with Crippen molar-refractivity contribution in [2.75, 3.05) is 11.9 Å². The maximum atomic E-state index is 13.2. The van der Waals surface area contributed by atoms with Gasteiger partial charge in [0.1, 0.15) is 5.82 Å². The third kappa shape index (κ3) is 6.00. The van der Waals surface area contributed by atoms with Crippen LogP contribution in [0.5, 0.6) is 0 Å². The number of aryl methyl sites for hydroxylation is 1. The van der Waals surface area contributed by atoms with E-state index in [2.05, 4.69) is 5.32 Å². The topological polar surface area (TPSA) is 55.4 Å². The Morgan fingerprint density at radius 1 is 1.26 bits per heavy atom. The van der Waals surface area contributed by atoms with Gasteiger partial charge in [0.15, 0.2) is 6.61 Å². The van der Waals surface area contributed by atoms with E-state index in [9.17, 15) is 14.0 Å². The number of carbonyl (C=O) groups excluding carboxylic acids is 2. The SMILES string of the molecule is Cc1ccc(F)cc1NC(=O)COC(=O)CCC1CCCCC1. The molecule has 0 unspecified atom stereocenters. The monoisotopic (exact) mass is 321 g/mol. The molecule has 0 aliphatic heterocycles. The lowest BCUT2D eigenvalue weighted by atomic mass is 9.86. The smallest absolute Gasteiger partial charge is 0.306 e. The van der Waals surface area contributed by atoms with Crippen LogP contribution in [0.3, 0.4) is 0 Å². The fourth-order valence-corrected chi connectivity index (χ4v) is 2.93. The third-order valence-corrected chi connectivity index (χ3v) is 4.32. The van der Waals surface area contributed by atoms with E-state index in [4.69, 9.17) is 4.74 Å². The van der Waals surface area contributed by atoms with Crippen LogP contribution in [0.15, 0.2) is 18.2 Å². The van der Waals surface area contributed by atoms with Crippen LogP contribution >= 0.6 is 0 Å². The molecule has 0 spiro atoms. The minimum atomic E-state index is -0.454. The van der Waals surface area contributed by atoms with Gasteiger partial charge in [0.2, 0.25) is 0 Å². The van der Waals surface area contributed by atoms with Gasteiger partial charge in [0.05, 0.1) is 0 Å². The standard InChI is InChI=1S/C18H24FNO3/c1-13-7-9-15(19)11-16(13)20-17(21)12-23-18(22)10-8-14-5-3-2-4-6-14/h7,9,11,14H,2-6,8,10,12H2,1H3,(H,20,21). The van der Waals surface area contributed by atoms with Gasteiger partial charge in [-0.1, -0.05) is 38.2 Å². The van der Waals surface area contributed by atoms with Gasteiger partial charge in [-0.2, -0.15) is 0 Å². The van der Waals surface area contributed by atoms with Gasteiger partial charge >= 0.3 is 5.97 Å². The average Bonchev–Trinajstić information content (AvgIpc) is 2.55. The largest absolute Gasteiger partial charge is 0.456 e. The summed E-state index contributed by atoms with van der Waals surface area (Å²) >= 11 is 0. The Morgan fingerprint density at radius 3 is 2.74 bits per heavy atom. The van der Waals surface area contributed by atoms with E-state index in [0.717, 1.165) is 12.0 Å². The van der Waals surface area contributed by atoms with E-state index >= 15 is 0 Å². The van der Waals surface area contributed by atoms with Crippen LogP contribution in [-0.4, -0.2) is 18.5 Å². The highest BCUT2D eigenvalue weighted by atomic mass is 19.1. The molecule has 5 heteroatoms. The quantitative estimate of drug-likeness (QED) is 0.806. The maximum absolute atomic E-state index is 13.2. The first-order chi connectivity index (χ1) is 11.0. The highest BCUT2D eigenvalue weighted by molar-refractivity contribution is 5.93. The molecule has 1 aromatic rings. The average molecular weight is 321 g/mol. The second-order valence-electron chi connectivity index (χ2n) is 6.21. The molecule has 1 aromatic carbocycles. The van der Waals surface area contributed by atoms with Crippen molar-refractivity contribution < 1.29 is 18.7 Å². The Balaban J connectivity index is 1.69. The first-order valence-electron chi connectivity index (χ1n) is 8.26. The van der Waals surface area contributed by atoms with Crippen molar-refractivity contribution in [2.24, 2.45) is 5.92 Å². The second-order valence-corrected chi connectivity index (χ2v) is 6.21. The lowest BCUT2D eigenvalue weighted by molar-refractivity contribution is -0.147. The molecule has 1 amide bonds. The molecule has 2 rings (SSSR count). The first kappa shape index (κ1) is 17.4. The van der Waals surface area contributed by atoms with Crippen molar-refractivity contribution in [3.8, 4) is 0 Å². The Hall–Kier alpha value is -1.91. The van der Waals surface area contributed by atoms with Crippen molar-refractivity contribution >= 4 is 17.6 Å². The molecule has 0 atom stereocenters. The zero-order valence-corrected chi connectivity index (χ0v) is 13.6. The summed E-state index contributed by atoms with van der Waals surface area (Å²) in [7, 11) is 0. The Kier molecular flexibility index (Phi) is 6.56. The molecule has 1 fully saturated rings. The Bertz CT molecular complexity index is 553. The molecule has 4 nitrogen and oxygen atoms in total. The minimum Gasteiger partial charge on any atom is -0.456 e. The van der Waals surface area contributed by atoms with Gasteiger partial charge in [-0.05, 0) is 37.0 Å². The highest BCUT2D eigenvalue weighted by Crippen LogP contribution is 2.27. The van der Waals surface area contributed by atoms with Gasteiger partial charge < -0.3 is 10.1 Å². The van der Waals surface area contributed by atoms with Crippen LogP contribution in [0, 0.1) is 18.7 Å². The van der Waals surface area contributed by atoms with Crippen LogP contribution < -0.4 is 5.32 Å². The number of ether oxygens (including phenoxy) is 1. The Morgan fingerprint density at radius 2 is 2.00 bits per heavy atom. The van der Waals surface area contributed by atoms with Crippen molar-refractivity contribution in [1.82, 2.24) is 0 Å². The molecular formula is C18H24FNO3. The number of halogens is 1. The van der Waals surface area contributed by atoms with Gasteiger partial charge in [0, 0.05) is 12.1 Å². The molecule has 1 aliphatic carbocycles.